The minimum Gasteiger partial charge on any atom is -0.495 e. The number of para-hydroxylation sites is 2. The van der Waals surface area contributed by atoms with Gasteiger partial charge < -0.3 is 15.0 Å². The van der Waals surface area contributed by atoms with Crippen LogP contribution in [0.25, 0.3) is 0 Å². The van der Waals surface area contributed by atoms with Crippen molar-refractivity contribution < 1.29 is 4.74 Å². The third kappa shape index (κ3) is 3.13. The largest absolute Gasteiger partial charge is 0.495 e. The van der Waals surface area contributed by atoms with E-state index in [1.54, 1.807) is 19.5 Å². The fourth-order valence-electron chi connectivity index (χ4n) is 1.84. The van der Waals surface area contributed by atoms with E-state index in [0.717, 1.165) is 22.9 Å². The van der Waals surface area contributed by atoms with Crippen LogP contribution in [0.4, 0.5) is 11.5 Å². The Morgan fingerprint density at radius 2 is 2.00 bits per heavy atom. The monoisotopic (exact) mass is 258 g/mol. The number of anilines is 2. The highest BCUT2D eigenvalue weighted by molar-refractivity contribution is 5.57. The van der Waals surface area contributed by atoms with E-state index < -0.39 is 0 Å². The zero-order chi connectivity index (χ0) is 13.7. The Balaban J connectivity index is 2.13. The van der Waals surface area contributed by atoms with Gasteiger partial charge in [0.25, 0.3) is 0 Å². The fraction of sp³-hybridized carbons (Fsp3) is 0.286. The van der Waals surface area contributed by atoms with Crippen molar-refractivity contribution in [2.45, 2.75) is 6.54 Å². The maximum absolute atomic E-state index is 5.35. The van der Waals surface area contributed by atoms with Gasteiger partial charge in [-0.1, -0.05) is 12.1 Å². The molecule has 0 unspecified atom stereocenters. The number of nitrogens with one attached hydrogen (secondary N) is 1. The lowest BCUT2D eigenvalue weighted by Crippen LogP contribution is -2.18. The van der Waals surface area contributed by atoms with Crippen molar-refractivity contribution in [1.29, 1.82) is 0 Å². The number of nitrogens with zero attached hydrogens (tertiary/aromatic N) is 3. The first-order chi connectivity index (χ1) is 9.24. The molecule has 5 heteroatoms. The van der Waals surface area contributed by atoms with Crippen LogP contribution in [0.15, 0.2) is 36.7 Å². The Kier molecular flexibility index (Phi) is 4.18. The number of ether oxygens (including phenoxy) is 1. The SMILES string of the molecule is CNc1cnc(CN(C)c2ccccc2OC)cn1. The Labute approximate surface area is 113 Å². The standard InChI is InChI=1S/C14H18N4O/c1-15-14-9-16-11(8-17-14)10-18(2)12-6-4-5-7-13(12)19-3/h4-9H,10H2,1-3H3,(H,15,17). The van der Waals surface area contributed by atoms with Gasteiger partial charge in [-0.15, -0.1) is 0 Å². The second-order valence-corrected chi connectivity index (χ2v) is 4.17. The predicted molar refractivity (Wildman–Crippen MR) is 76.7 cm³/mol. The number of methoxy groups -OCH3 is 1. The normalized spacial score (nSPS) is 10.1. The zero-order valence-electron chi connectivity index (χ0n) is 11.4. The van der Waals surface area contributed by atoms with Crippen molar-refractivity contribution in [2.75, 3.05) is 31.4 Å². The summed E-state index contributed by atoms with van der Waals surface area (Å²) in [5.41, 5.74) is 1.94. The molecule has 2 rings (SSSR count). The lowest BCUT2D eigenvalue weighted by molar-refractivity contribution is 0.414. The second-order valence-electron chi connectivity index (χ2n) is 4.17. The molecule has 1 heterocycles. The lowest BCUT2D eigenvalue weighted by Gasteiger charge is -2.21. The van der Waals surface area contributed by atoms with Crippen molar-refractivity contribution in [2.24, 2.45) is 0 Å². The number of rotatable bonds is 5. The minimum atomic E-state index is 0.678. The first-order valence-corrected chi connectivity index (χ1v) is 6.07. The fourth-order valence-corrected chi connectivity index (χ4v) is 1.84. The maximum atomic E-state index is 5.35. The van der Waals surface area contributed by atoms with Crippen LogP contribution in [0, 0.1) is 0 Å². The van der Waals surface area contributed by atoms with Gasteiger partial charge in [0, 0.05) is 14.1 Å². The summed E-state index contributed by atoms with van der Waals surface area (Å²) in [6.07, 6.45) is 3.50. The molecule has 19 heavy (non-hydrogen) atoms. The Morgan fingerprint density at radius 1 is 1.21 bits per heavy atom. The van der Waals surface area contributed by atoms with E-state index in [-0.39, 0.29) is 0 Å². The van der Waals surface area contributed by atoms with E-state index in [9.17, 15) is 0 Å². The molecule has 5 nitrogen and oxygen atoms in total. The van der Waals surface area contributed by atoms with Crippen molar-refractivity contribution in [3.8, 4) is 5.75 Å². The molecule has 0 aliphatic carbocycles. The summed E-state index contributed by atoms with van der Waals surface area (Å²) in [4.78, 5) is 10.7. The number of hydrogen-bond acceptors (Lipinski definition) is 5. The molecule has 1 N–H and O–H groups in total. The molecule has 0 bridgehead atoms. The maximum Gasteiger partial charge on any atom is 0.144 e. The van der Waals surface area contributed by atoms with Crippen LogP contribution >= 0.6 is 0 Å². The average Bonchev–Trinajstić information content (AvgIpc) is 2.48. The summed E-state index contributed by atoms with van der Waals surface area (Å²) in [6.45, 7) is 0.678. The number of benzene rings is 1. The van der Waals surface area contributed by atoms with Crippen LogP contribution < -0.4 is 15.0 Å². The molecule has 0 saturated heterocycles. The molecule has 1 aromatic carbocycles. The highest BCUT2D eigenvalue weighted by atomic mass is 16.5. The number of aromatic nitrogens is 2. The summed E-state index contributed by atoms with van der Waals surface area (Å²) >= 11 is 0. The lowest BCUT2D eigenvalue weighted by atomic mass is 10.2. The van der Waals surface area contributed by atoms with E-state index in [0.29, 0.717) is 6.54 Å². The number of hydrogen-bond donors (Lipinski definition) is 1. The predicted octanol–water partition coefficient (Wildman–Crippen LogP) is 2.16. The summed E-state index contributed by atoms with van der Waals surface area (Å²) in [6, 6.07) is 7.91. The van der Waals surface area contributed by atoms with Gasteiger partial charge >= 0.3 is 0 Å². The summed E-state index contributed by atoms with van der Waals surface area (Å²) < 4.78 is 5.35. The van der Waals surface area contributed by atoms with Gasteiger partial charge in [0.1, 0.15) is 11.6 Å². The van der Waals surface area contributed by atoms with E-state index in [4.69, 9.17) is 4.74 Å². The highest BCUT2D eigenvalue weighted by Gasteiger charge is 2.08. The van der Waals surface area contributed by atoms with E-state index >= 15 is 0 Å². The average molecular weight is 258 g/mol. The molecule has 0 spiro atoms. The molecule has 0 aliphatic heterocycles. The third-order valence-corrected chi connectivity index (χ3v) is 2.86. The van der Waals surface area contributed by atoms with Gasteiger partial charge in [0.15, 0.2) is 0 Å². The minimum absolute atomic E-state index is 0.678. The van der Waals surface area contributed by atoms with E-state index in [1.165, 1.54) is 0 Å². The van der Waals surface area contributed by atoms with Gasteiger partial charge in [-0.05, 0) is 12.1 Å². The van der Waals surface area contributed by atoms with Crippen LogP contribution in [-0.4, -0.2) is 31.2 Å². The van der Waals surface area contributed by atoms with E-state index in [1.807, 2.05) is 38.4 Å². The van der Waals surface area contributed by atoms with Gasteiger partial charge in [0.2, 0.25) is 0 Å². The molecule has 1 aromatic heterocycles. The first-order valence-electron chi connectivity index (χ1n) is 6.07. The summed E-state index contributed by atoms with van der Waals surface area (Å²) in [5, 5.41) is 2.95. The zero-order valence-corrected chi connectivity index (χ0v) is 11.4. The molecular formula is C14H18N4O. The van der Waals surface area contributed by atoms with E-state index in [2.05, 4.69) is 20.2 Å². The Morgan fingerprint density at radius 3 is 2.63 bits per heavy atom. The van der Waals surface area contributed by atoms with Crippen LogP contribution in [0.1, 0.15) is 5.69 Å². The molecule has 100 valence electrons. The van der Waals surface area contributed by atoms with Crippen LogP contribution in [0.3, 0.4) is 0 Å². The molecule has 0 atom stereocenters. The van der Waals surface area contributed by atoms with Crippen molar-refractivity contribution in [1.82, 2.24) is 9.97 Å². The van der Waals surface area contributed by atoms with Crippen molar-refractivity contribution in [3.05, 3.63) is 42.4 Å². The Hall–Kier alpha value is -2.30. The molecule has 0 radical (unpaired) electrons. The van der Waals surface area contributed by atoms with Gasteiger partial charge in [-0.3, -0.25) is 4.98 Å². The van der Waals surface area contributed by atoms with Crippen molar-refractivity contribution in [3.63, 3.8) is 0 Å². The summed E-state index contributed by atoms with van der Waals surface area (Å²) in [7, 11) is 5.50. The van der Waals surface area contributed by atoms with Gasteiger partial charge in [-0.25, -0.2) is 4.98 Å². The van der Waals surface area contributed by atoms with Crippen molar-refractivity contribution >= 4 is 11.5 Å². The Bertz CT molecular complexity index is 527. The van der Waals surface area contributed by atoms with Gasteiger partial charge in [-0.2, -0.15) is 0 Å². The topological polar surface area (TPSA) is 50.3 Å². The van der Waals surface area contributed by atoms with Crippen LogP contribution in [-0.2, 0) is 6.54 Å². The smallest absolute Gasteiger partial charge is 0.144 e. The second kappa shape index (κ2) is 6.04. The molecule has 0 saturated carbocycles. The first kappa shape index (κ1) is 13.1. The highest BCUT2D eigenvalue weighted by Crippen LogP contribution is 2.27. The van der Waals surface area contributed by atoms with Gasteiger partial charge in [0.05, 0.1) is 37.4 Å². The van der Waals surface area contributed by atoms with Crippen LogP contribution in [0.5, 0.6) is 5.75 Å². The molecular weight excluding hydrogens is 240 g/mol. The molecule has 0 fully saturated rings. The summed E-state index contributed by atoms with van der Waals surface area (Å²) in [5.74, 6) is 1.62. The third-order valence-electron chi connectivity index (χ3n) is 2.86. The molecule has 2 aromatic rings. The molecule has 0 amide bonds. The van der Waals surface area contributed by atoms with Crippen LogP contribution in [0.2, 0.25) is 0 Å². The quantitative estimate of drug-likeness (QED) is 0.890. The molecule has 0 aliphatic rings.